The minimum Gasteiger partial charge on any atom is -0.489 e. The van der Waals surface area contributed by atoms with Crippen molar-refractivity contribution in [1.29, 1.82) is 0 Å². The van der Waals surface area contributed by atoms with Gasteiger partial charge in [0.2, 0.25) is 0 Å². The van der Waals surface area contributed by atoms with Crippen molar-refractivity contribution in [2.24, 2.45) is 0 Å². The Labute approximate surface area is 148 Å². The van der Waals surface area contributed by atoms with Crippen molar-refractivity contribution in [3.63, 3.8) is 0 Å². The van der Waals surface area contributed by atoms with Gasteiger partial charge in [-0.05, 0) is 41.0 Å². The van der Waals surface area contributed by atoms with E-state index in [9.17, 15) is 13.2 Å². The molecule has 0 unspecified atom stereocenters. The first-order valence-corrected chi connectivity index (χ1v) is 8.16. The average Bonchev–Trinajstić information content (AvgIpc) is 3.28. The van der Waals surface area contributed by atoms with Gasteiger partial charge >= 0.3 is 6.18 Å². The van der Waals surface area contributed by atoms with Crippen LogP contribution in [0.15, 0.2) is 48.7 Å². The summed E-state index contributed by atoms with van der Waals surface area (Å²) in [6, 6.07) is 11.0. The maximum atomic E-state index is 12.7. The Morgan fingerprint density at radius 1 is 1.00 bits per heavy atom. The largest absolute Gasteiger partial charge is 0.489 e. The molecule has 0 aliphatic carbocycles. The second-order valence-electron chi connectivity index (χ2n) is 6.17. The molecular formula is C19H16F3N3O. The van der Waals surface area contributed by atoms with Crippen LogP contribution >= 0.6 is 0 Å². The van der Waals surface area contributed by atoms with Crippen LogP contribution in [0.4, 0.5) is 13.2 Å². The summed E-state index contributed by atoms with van der Waals surface area (Å²) in [7, 11) is 0. The summed E-state index contributed by atoms with van der Waals surface area (Å²) in [6.07, 6.45) is -2.72. The van der Waals surface area contributed by atoms with E-state index in [2.05, 4.69) is 15.5 Å². The molecule has 0 bridgehead atoms. The van der Waals surface area contributed by atoms with Gasteiger partial charge < -0.3 is 10.1 Å². The molecule has 1 aromatic heterocycles. The van der Waals surface area contributed by atoms with Gasteiger partial charge in [-0.1, -0.05) is 18.2 Å². The first kappa shape index (κ1) is 16.7. The Balaban J connectivity index is 1.50. The number of benzene rings is 2. The van der Waals surface area contributed by atoms with E-state index >= 15 is 0 Å². The number of fused-ring (bicyclic) bond motifs is 1. The second-order valence-corrected chi connectivity index (χ2v) is 6.17. The molecular weight excluding hydrogens is 343 g/mol. The highest BCUT2D eigenvalue weighted by atomic mass is 19.4. The predicted molar refractivity (Wildman–Crippen MR) is 90.3 cm³/mol. The van der Waals surface area contributed by atoms with E-state index in [1.807, 2.05) is 18.2 Å². The molecule has 0 fully saturated rings. The molecule has 2 aromatic carbocycles. The first-order chi connectivity index (χ1) is 12.5. The lowest BCUT2D eigenvalue weighted by atomic mass is 10.1. The molecule has 0 radical (unpaired) electrons. The fraction of sp³-hybridized carbons (Fsp3) is 0.211. The zero-order chi connectivity index (χ0) is 18.1. The van der Waals surface area contributed by atoms with Gasteiger partial charge in [0.25, 0.3) is 0 Å². The highest BCUT2D eigenvalue weighted by Gasteiger charge is 2.30. The molecule has 4 rings (SSSR count). The number of nitrogens with one attached hydrogen (secondary N) is 2. The monoisotopic (exact) mass is 359 g/mol. The van der Waals surface area contributed by atoms with Crippen molar-refractivity contribution >= 4 is 0 Å². The molecule has 2 heterocycles. The van der Waals surface area contributed by atoms with Crippen LogP contribution in [0.2, 0.25) is 0 Å². The molecule has 3 aromatic rings. The van der Waals surface area contributed by atoms with E-state index in [1.165, 1.54) is 23.3 Å². The lowest BCUT2D eigenvalue weighted by Crippen LogP contribution is -2.04. The van der Waals surface area contributed by atoms with E-state index in [0.29, 0.717) is 11.3 Å². The highest BCUT2D eigenvalue weighted by molar-refractivity contribution is 5.63. The average molecular weight is 359 g/mol. The number of nitrogens with zero attached hydrogens (tertiary/aromatic N) is 1. The van der Waals surface area contributed by atoms with Crippen LogP contribution in [0.3, 0.4) is 0 Å². The van der Waals surface area contributed by atoms with Crippen molar-refractivity contribution < 1.29 is 17.9 Å². The number of aromatic nitrogens is 2. The molecule has 26 heavy (non-hydrogen) atoms. The van der Waals surface area contributed by atoms with Gasteiger partial charge in [0, 0.05) is 18.7 Å². The number of hydrogen-bond donors (Lipinski definition) is 2. The SMILES string of the molecule is FC(F)(F)c1ccc(-c2[nH]ncc2COc2ccc3c(c2)CNC3)cc1. The summed E-state index contributed by atoms with van der Waals surface area (Å²) in [6.45, 7) is 1.98. The zero-order valence-electron chi connectivity index (χ0n) is 13.7. The Kier molecular flexibility index (Phi) is 4.16. The van der Waals surface area contributed by atoms with Gasteiger partial charge in [-0.15, -0.1) is 0 Å². The van der Waals surface area contributed by atoms with Gasteiger partial charge in [0.15, 0.2) is 0 Å². The summed E-state index contributed by atoms with van der Waals surface area (Å²) in [5, 5.41) is 10.1. The van der Waals surface area contributed by atoms with Crippen LogP contribution in [0.5, 0.6) is 5.75 Å². The van der Waals surface area contributed by atoms with Gasteiger partial charge in [-0.2, -0.15) is 18.3 Å². The van der Waals surface area contributed by atoms with Crippen molar-refractivity contribution in [2.75, 3.05) is 0 Å². The summed E-state index contributed by atoms with van der Waals surface area (Å²) in [5.74, 6) is 0.756. The number of alkyl halides is 3. The summed E-state index contributed by atoms with van der Waals surface area (Å²) in [4.78, 5) is 0. The molecule has 0 saturated carbocycles. The third kappa shape index (κ3) is 3.30. The Hall–Kier alpha value is -2.80. The standard InChI is InChI=1S/C19H16F3N3O/c20-19(21,22)16-4-1-12(2-5-16)18-15(10-24-25-18)11-26-17-6-3-13-8-23-9-14(13)7-17/h1-7,10,23H,8-9,11H2,(H,24,25). The third-order valence-electron chi connectivity index (χ3n) is 4.42. The molecule has 0 atom stereocenters. The van der Waals surface area contributed by atoms with E-state index in [1.54, 1.807) is 6.20 Å². The van der Waals surface area contributed by atoms with Crippen LogP contribution in [0.1, 0.15) is 22.3 Å². The molecule has 4 nitrogen and oxygen atoms in total. The van der Waals surface area contributed by atoms with Gasteiger partial charge in [-0.25, -0.2) is 0 Å². The summed E-state index contributed by atoms with van der Waals surface area (Å²) >= 11 is 0. The first-order valence-electron chi connectivity index (χ1n) is 8.16. The number of rotatable bonds is 4. The quantitative estimate of drug-likeness (QED) is 0.731. The van der Waals surface area contributed by atoms with E-state index in [-0.39, 0.29) is 6.61 Å². The fourth-order valence-corrected chi connectivity index (χ4v) is 3.02. The lowest BCUT2D eigenvalue weighted by Gasteiger charge is -2.10. The molecule has 2 N–H and O–H groups in total. The van der Waals surface area contributed by atoms with Gasteiger partial charge in [-0.3, -0.25) is 5.10 Å². The third-order valence-corrected chi connectivity index (χ3v) is 4.42. The number of halogens is 3. The Morgan fingerprint density at radius 3 is 2.54 bits per heavy atom. The number of hydrogen-bond acceptors (Lipinski definition) is 3. The molecule has 134 valence electrons. The fourth-order valence-electron chi connectivity index (χ4n) is 3.02. The smallest absolute Gasteiger partial charge is 0.416 e. The minimum atomic E-state index is -4.35. The molecule has 1 aliphatic heterocycles. The Bertz CT molecular complexity index is 917. The predicted octanol–water partition coefficient (Wildman–Crippen LogP) is 4.28. The van der Waals surface area contributed by atoms with Crippen LogP contribution < -0.4 is 10.1 Å². The Morgan fingerprint density at radius 2 is 1.77 bits per heavy atom. The maximum Gasteiger partial charge on any atom is 0.416 e. The summed E-state index contributed by atoms with van der Waals surface area (Å²) in [5.41, 5.74) is 3.88. The zero-order valence-corrected chi connectivity index (χ0v) is 13.7. The number of ether oxygens (including phenoxy) is 1. The van der Waals surface area contributed by atoms with Gasteiger partial charge in [0.05, 0.1) is 17.5 Å². The topological polar surface area (TPSA) is 49.9 Å². The minimum absolute atomic E-state index is 0.277. The van der Waals surface area contributed by atoms with Crippen molar-refractivity contribution in [3.8, 4) is 17.0 Å². The van der Waals surface area contributed by atoms with Crippen LogP contribution in [0, 0.1) is 0 Å². The number of H-pyrrole nitrogens is 1. The van der Waals surface area contributed by atoms with Crippen LogP contribution in [-0.4, -0.2) is 10.2 Å². The van der Waals surface area contributed by atoms with E-state index in [4.69, 9.17) is 4.74 Å². The number of aromatic amines is 1. The highest BCUT2D eigenvalue weighted by Crippen LogP contribution is 2.31. The van der Waals surface area contributed by atoms with Crippen LogP contribution in [-0.2, 0) is 25.9 Å². The molecule has 0 amide bonds. The second kappa shape index (κ2) is 6.49. The molecule has 7 heteroatoms. The molecule has 0 spiro atoms. The summed E-state index contributed by atoms with van der Waals surface area (Å²) < 4.78 is 43.9. The van der Waals surface area contributed by atoms with E-state index in [0.717, 1.165) is 36.5 Å². The molecule has 0 saturated heterocycles. The van der Waals surface area contributed by atoms with Gasteiger partial charge in [0.1, 0.15) is 12.4 Å². The van der Waals surface area contributed by atoms with Crippen molar-refractivity contribution in [1.82, 2.24) is 15.5 Å². The van der Waals surface area contributed by atoms with Crippen molar-refractivity contribution in [3.05, 3.63) is 70.9 Å². The van der Waals surface area contributed by atoms with E-state index < -0.39 is 11.7 Å². The maximum absolute atomic E-state index is 12.7. The van der Waals surface area contributed by atoms with Crippen LogP contribution in [0.25, 0.3) is 11.3 Å². The lowest BCUT2D eigenvalue weighted by molar-refractivity contribution is -0.137. The van der Waals surface area contributed by atoms with Crippen molar-refractivity contribution in [2.45, 2.75) is 25.9 Å². The normalized spacial score (nSPS) is 13.7. The molecule has 1 aliphatic rings.